The third-order valence-electron chi connectivity index (χ3n) is 2.39. The molecular weight excluding hydrogens is 342 g/mol. The van der Waals surface area contributed by atoms with Gasteiger partial charge in [-0.3, -0.25) is 0 Å². The first-order chi connectivity index (χ1) is 8.00. The van der Waals surface area contributed by atoms with E-state index < -0.39 is 4.33 Å². The zero-order valence-electron chi connectivity index (χ0n) is 8.63. The molecule has 0 saturated carbocycles. The SMILES string of the molecule is Clc1cccc(C(Cl)(Cl)c2ccc(Br)cc2)c1. The van der Waals surface area contributed by atoms with Crippen LogP contribution >= 0.6 is 50.7 Å². The van der Waals surface area contributed by atoms with Crippen LogP contribution in [0.25, 0.3) is 0 Å². The summed E-state index contributed by atoms with van der Waals surface area (Å²) in [6.07, 6.45) is 0. The van der Waals surface area contributed by atoms with Gasteiger partial charge in [-0.15, -0.1) is 0 Å². The number of halogens is 4. The minimum atomic E-state index is -1.09. The quantitative estimate of drug-likeness (QED) is 0.602. The number of hydrogen-bond donors (Lipinski definition) is 0. The van der Waals surface area contributed by atoms with Crippen molar-refractivity contribution in [1.29, 1.82) is 0 Å². The van der Waals surface area contributed by atoms with Crippen LogP contribution < -0.4 is 0 Å². The molecule has 0 nitrogen and oxygen atoms in total. The second-order valence-electron chi connectivity index (χ2n) is 3.59. The van der Waals surface area contributed by atoms with Gasteiger partial charge in [0.05, 0.1) is 0 Å². The molecule has 0 N–H and O–H groups in total. The molecule has 0 atom stereocenters. The molecule has 2 rings (SSSR count). The fourth-order valence-electron chi connectivity index (χ4n) is 1.51. The van der Waals surface area contributed by atoms with Gasteiger partial charge in [0.15, 0.2) is 4.33 Å². The lowest BCUT2D eigenvalue weighted by atomic mass is 10.0. The summed E-state index contributed by atoms with van der Waals surface area (Å²) in [5.74, 6) is 0. The smallest absolute Gasteiger partial charge is 0.0909 e. The topological polar surface area (TPSA) is 0 Å². The molecule has 0 aliphatic carbocycles. The largest absolute Gasteiger partial charge is 0.168 e. The minimum absolute atomic E-state index is 0.616. The van der Waals surface area contributed by atoms with Gasteiger partial charge in [-0.2, -0.15) is 0 Å². The number of rotatable bonds is 2. The van der Waals surface area contributed by atoms with Crippen molar-refractivity contribution in [2.45, 2.75) is 4.33 Å². The maximum absolute atomic E-state index is 6.40. The van der Waals surface area contributed by atoms with Gasteiger partial charge in [0.2, 0.25) is 0 Å². The summed E-state index contributed by atoms with van der Waals surface area (Å²) >= 11 is 22.1. The van der Waals surface area contributed by atoms with Crippen LogP contribution in [-0.4, -0.2) is 0 Å². The van der Waals surface area contributed by atoms with Crippen LogP contribution in [0.4, 0.5) is 0 Å². The van der Waals surface area contributed by atoms with E-state index in [4.69, 9.17) is 34.8 Å². The predicted molar refractivity (Wildman–Crippen MR) is 78.1 cm³/mol. The van der Waals surface area contributed by atoms with E-state index >= 15 is 0 Å². The Bertz CT molecular complexity index is 520. The highest BCUT2D eigenvalue weighted by molar-refractivity contribution is 9.10. The molecule has 0 aliphatic heterocycles. The summed E-state index contributed by atoms with van der Waals surface area (Å²) in [4.78, 5) is 0. The molecule has 0 aromatic heterocycles. The first-order valence-corrected chi connectivity index (χ1v) is 6.83. The molecule has 0 amide bonds. The summed E-state index contributed by atoms with van der Waals surface area (Å²) in [6.45, 7) is 0. The molecule has 4 heteroatoms. The van der Waals surface area contributed by atoms with Gasteiger partial charge in [0, 0.05) is 9.50 Å². The van der Waals surface area contributed by atoms with E-state index in [0.717, 1.165) is 15.6 Å². The van der Waals surface area contributed by atoms with Crippen molar-refractivity contribution >= 4 is 50.7 Å². The van der Waals surface area contributed by atoms with E-state index in [0.29, 0.717) is 5.02 Å². The molecule has 0 aliphatic rings. The molecule has 0 radical (unpaired) electrons. The van der Waals surface area contributed by atoms with Crippen molar-refractivity contribution in [3.8, 4) is 0 Å². The summed E-state index contributed by atoms with van der Waals surface area (Å²) < 4.78 is -0.109. The lowest BCUT2D eigenvalue weighted by Crippen LogP contribution is -2.11. The van der Waals surface area contributed by atoms with Gasteiger partial charge in [-0.25, -0.2) is 0 Å². The van der Waals surface area contributed by atoms with Gasteiger partial charge >= 0.3 is 0 Å². The monoisotopic (exact) mass is 348 g/mol. The third kappa shape index (κ3) is 2.97. The highest BCUT2D eigenvalue weighted by Gasteiger charge is 2.28. The van der Waals surface area contributed by atoms with Crippen LogP contribution in [0.3, 0.4) is 0 Å². The summed E-state index contributed by atoms with van der Waals surface area (Å²) in [7, 11) is 0. The third-order valence-corrected chi connectivity index (χ3v) is 4.03. The first-order valence-electron chi connectivity index (χ1n) is 4.90. The van der Waals surface area contributed by atoms with Crippen LogP contribution in [0.2, 0.25) is 5.02 Å². The van der Waals surface area contributed by atoms with Gasteiger partial charge < -0.3 is 0 Å². The predicted octanol–water partition coefficient (Wildman–Crippen LogP) is 5.78. The molecular formula is C13H8BrCl3. The van der Waals surface area contributed by atoms with Crippen molar-refractivity contribution in [2.75, 3.05) is 0 Å². The van der Waals surface area contributed by atoms with E-state index in [-0.39, 0.29) is 0 Å². The zero-order chi connectivity index (χ0) is 12.5. The van der Waals surface area contributed by atoms with Crippen LogP contribution in [0.5, 0.6) is 0 Å². The maximum Gasteiger partial charge on any atom is 0.168 e. The van der Waals surface area contributed by atoms with Crippen LogP contribution in [0.15, 0.2) is 53.0 Å². The van der Waals surface area contributed by atoms with E-state index in [9.17, 15) is 0 Å². The standard InChI is InChI=1S/C13H8BrCl3/c14-11-6-4-9(5-7-11)13(16,17)10-2-1-3-12(15)8-10/h1-8H. The Balaban J connectivity index is 2.45. The molecule has 2 aromatic rings. The Morgan fingerprint density at radius 2 is 1.53 bits per heavy atom. The Morgan fingerprint density at radius 3 is 2.12 bits per heavy atom. The Morgan fingerprint density at radius 1 is 0.882 bits per heavy atom. The molecule has 17 heavy (non-hydrogen) atoms. The van der Waals surface area contributed by atoms with Crippen molar-refractivity contribution in [3.05, 3.63) is 69.2 Å². The Kier molecular flexibility index (Phi) is 4.04. The Hall–Kier alpha value is -0.210. The minimum Gasteiger partial charge on any atom is -0.0909 e. The maximum atomic E-state index is 6.40. The average molecular weight is 350 g/mol. The zero-order valence-corrected chi connectivity index (χ0v) is 12.5. The average Bonchev–Trinajstić information content (AvgIpc) is 2.29. The highest BCUT2D eigenvalue weighted by Crippen LogP contribution is 2.41. The molecule has 0 fully saturated rings. The number of benzene rings is 2. The van der Waals surface area contributed by atoms with Crippen LogP contribution in [0, 0.1) is 0 Å². The number of hydrogen-bond acceptors (Lipinski definition) is 0. The molecule has 0 heterocycles. The molecule has 2 aromatic carbocycles. The van der Waals surface area contributed by atoms with Gasteiger partial charge in [0.1, 0.15) is 0 Å². The summed E-state index contributed by atoms with van der Waals surface area (Å²) in [6, 6.07) is 14.8. The second kappa shape index (κ2) is 5.19. The highest BCUT2D eigenvalue weighted by atomic mass is 79.9. The van der Waals surface area contributed by atoms with E-state index in [1.54, 1.807) is 12.1 Å². The molecule has 0 unspecified atom stereocenters. The van der Waals surface area contributed by atoms with Gasteiger partial charge in [-0.05, 0) is 35.4 Å². The molecule has 0 saturated heterocycles. The molecule has 88 valence electrons. The molecule has 0 spiro atoms. The van der Waals surface area contributed by atoms with E-state index in [2.05, 4.69) is 15.9 Å². The lowest BCUT2D eigenvalue weighted by molar-refractivity contribution is 1.04. The first kappa shape index (κ1) is 13.2. The second-order valence-corrected chi connectivity index (χ2v) is 6.27. The number of alkyl halides is 2. The molecule has 0 bridgehead atoms. The van der Waals surface area contributed by atoms with E-state index in [1.807, 2.05) is 36.4 Å². The van der Waals surface area contributed by atoms with Crippen molar-refractivity contribution in [1.82, 2.24) is 0 Å². The summed E-state index contributed by atoms with van der Waals surface area (Å²) in [5.41, 5.74) is 1.57. The van der Waals surface area contributed by atoms with Crippen LogP contribution in [0.1, 0.15) is 11.1 Å². The van der Waals surface area contributed by atoms with Crippen molar-refractivity contribution < 1.29 is 0 Å². The lowest BCUT2D eigenvalue weighted by Gasteiger charge is -2.21. The van der Waals surface area contributed by atoms with Gasteiger partial charge in [0.25, 0.3) is 0 Å². The van der Waals surface area contributed by atoms with Crippen molar-refractivity contribution in [3.63, 3.8) is 0 Å². The van der Waals surface area contributed by atoms with E-state index in [1.165, 1.54) is 0 Å². The fraction of sp³-hybridized carbons (Fsp3) is 0.0769. The normalized spacial score (nSPS) is 11.5. The fourth-order valence-corrected chi connectivity index (χ4v) is 2.45. The van der Waals surface area contributed by atoms with Gasteiger partial charge in [-0.1, -0.05) is 75.0 Å². The van der Waals surface area contributed by atoms with Crippen LogP contribution in [-0.2, 0) is 4.33 Å². The van der Waals surface area contributed by atoms with Crippen molar-refractivity contribution in [2.24, 2.45) is 0 Å². The Labute approximate surface area is 124 Å². The summed E-state index contributed by atoms with van der Waals surface area (Å²) in [5, 5.41) is 0.616.